The van der Waals surface area contributed by atoms with Gasteiger partial charge < -0.3 is 4.90 Å². The van der Waals surface area contributed by atoms with Crippen molar-refractivity contribution in [1.29, 1.82) is 0 Å². The highest BCUT2D eigenvalue weighted by atomic mass is 16.2. The quantitative estimate of drug-likeness (QED) is 0.662. The lowest BCUT2D eigenvalue weighted by molar-refractivity contribution is 0.0598. The highest BCUT2D eigenvalue weighted by molar-refractivity contribution is 6.21. The van der Waals surface area contributed by atoms with Gasteiger partial charge in [-0.05, 0) is 37.6 Å². The number of hydrogen-bond acceptors (Lipinski definition) is 5. The molecule has 5 rings (SSSR count). The molecular weight excluding hydrogens is 330 g/mol. The van der Waals surface area contributed by atoms with E-state index in [1.807, 2.05) is 23.6 Å². The summed E-state index contributed by atoms with van der Waals surface area (Å²) >= 11 is 0. The fourth-order valence-corrected chi connectivity index (χ4v) is 3.85. The molecule has 1 fully saturated rings. The van der Waals surface area contributed by atoms with Crippen LogP contribution in [0.2, 0.25) is 0 Å². The minimum atomic E-state index is -0.189. The Balaban J connectivity index is 1.41. The van der Waals surface area contributed by atoms with Crippen LogP contribution in [0.4, 0.5) is 5.82 Å². The van der Waals surface area contributed by atoms with Crippen LogP contribution in [-0.2, 0) is 0 Å². The lowest BCUT2D eigenvalue weighted by Gasteiger charge is -2.23. The van der Waals surface area contributed by atoms with E-state index in [1.54, 1.807) is 30.5 Å². The molecule has 1 aromatic carbocycles. The Morgan fingerprint density at radius 2 is 1.77 bits per heavy atom. The Kier molecular flexibility index (Phi) is 3.12. The Labute approximate surface area is 149 Å². The second-order valence-corrected chi connectivity index (χ2v) is 6.78. The van der Waals surface area contributed by atoms with Crippen LogP contribution in [0.1, 0.15) is 32.8 Å². The summed E-state index contributed by atoms with van der Waals surface area (Å²) in [5, 5.41) is 4.65. The first-order chi connectivity index (χ1) is 12.6. The van der Waals surface area contributed by atoms with Crippen molar-refractivity contribution in [2.75, 3.05) is 18.0 Å². The molecule has 0 aliphatic carbocycles. The molecular formula is C19H17N5O2. The third kappa shape index (κ3) is 2.06. The van der Waals surface area contributed by atoms with Gasteiger partial charge in [0.1, 0.15) is 5.82 Å². The number of fused-ring (bicyclic) bond motifs is 2. The first-order valence-electron chi connectivity index (χ1n) is 8.67. The number of anilines is 1. The van der Waals surface area contributed by atoms with Crippen LogP contribution in [0, 0.1) is 6.92 Å². The lowest BCUT2D eigenvalue weighted by atomic mass is 10.1. The number of benzene rings is 1. The molecule has 0 N–H and O–H groups in total. The fourth-order valence-electron chi connectivity index (χ4n) is 3.85. The van der Waals surface area contributed by atoms with Crippen LogP contribution in [0.3, 0.4) is 0 Å². The van der Waals surface area contributed by atoms with E-state index < -0.39 is 0 Å². The monoisotopic (exact) mass is 347 g/mol. The van der Waals surface area contributed by atoms with E-state index in [2.05, 4.69) is 15.0 Å². The minimum Gasteiger partial charge on any atom is -0.353 e. The van der Waals surface area contributed by atoms with Gasteiger partial charge in [-0.15, -0.1) is 5.10 Å². The Morgan fingerprint density at radius 1 is 1.04 bits per heavy atom. The summed E-state index contributed by atoms with van der Waals surface area (Å²) < 4.78 is 1.81. The lowest BCUT2D eigenvalue weighted by Crippen LogP contribution is -2.41. The smallest absolute Gasteiger partial charge is 0.261 e. The van der Waals surface area contributed by atoms with Crippen LogP contribution in [0.5, 0.6) is 0 Å². The van der Waals surface area contributed by atoms with E-state index in [9.17, 15) is 9.59 Å². The Bertz CT molecular complexity index is 1020. The molecule has 26 heavy (non-hydrogen) atoms. The molecule has 0 saturated carbocycles. The third-order valence-corrected chi connectivity index (χ3v) is 5.20. The normalized spacial score (nSPS) is 19.7. The Morgan fingerprint density at radius 3 is 2.50 bits per heavy atom. The topological polar surface area (TPSA) is 70.8 Å². The van der Waals surface area contributed by atoms with E-state index in [1.165, 1.54) is 4.90 Å². The molecule has 0 radical (unpaired) electrons. The minimum absolute atomic E-state index is 0.135. The molecule has 0 bridgehead atoms. The van der Waals surface area contributed by atoms with Crippen LogP contribution >= 0.6 is 0 Å². The first-order valence-corrected chi connectivity index (χ1v) is 8.67. The third-order valence-electron chi connectivity index (χ3n) is 5.20. The van der Waals surface area contributed by atoms with Gasteiger partial charge in [-0.25, -0.2) is 9.50 Å². The summed E-state index contributed by atoms with van der Waals surface area (Å²) in [6.07, 6.45) is 2.53. The van der Waals surface area contributed by atoms with Gasteiger partial charge in [-0.1, -0.05) is 12.1 Å². The second kappa shape index (κ2) is 5.39. The van der Waals surface area contributed by atoms with Crippen molar-refractivity contribution >= 4 is 23.3 Å². The molecule has 2 aromatic heterocycles. The second-order valence-electron chi connectivity index (χ2n) is 6.78. The summed E-state index contributed by atoms with van der Waals surface area (Å²) in [4.78, 5) is 33.2. The summed E-state index contributed by atoms with van der Waals surface area (Å²) in [5.41, 5.74) is 2.79. The number of amides is 2. The van der Waals surface area contributed by atoms with Gasteiger partial charge in [0.2, 0.25) is 0 Å². The molecule has 1 saturated heterocycles. The van der Waals surface area contributed by atoms with Crippen LogP contribution in [0.15, 0.2) is 42.6 Å². The molecule has 7 heteroatoms. The number of nitrogens with zero attached hydrogens (tertiary/aromatic N) is 5. The van der Waals surface area contributed by atoms with Crippen molar-refractivity contribution in [1.82, 2.24) is 19.5 Å². The van der Waals surface area contributed by atoms with Crippen molar-refractivity contribution < 1.29 is 9.59 Å². The summed E-state index contributed by atoms with van der Waals surface area (Å²) in [5.74, 6) is 0.454. The summed E-state index contributed by atoms with van der Waals surface area (Å²) in [7, 11) is 0. The maximum atomic E-state index is 12.7. The summed E-state index contributed by atoms with van der Waals surface area (Å²) in [6, 6.07) is 10.8. The zero-order chi connectivity index (χ0) is 17.8. The molecule has 130 valence electrons. The molecule has 2 aliphatic rings. The highest BCUT2D eigenvalue weighted by Gasteiger charge is 2.42. The predicted octanol–water partition coefficient (Wildman–Crippen LogP) is 1.91. The standard InChI is InChI=1S/C19H17N5O2/c1-12-10-20-16-6-7-17(21-24(12)16)22-9-8-13(11-22)23-18(25)14-4-2-3-5-15(14)19(23)26/h2-7,10,13H,8-9,11H2,1H3/t13-/m0/s1. The van der Waals surface area contributed by atoms with E-state index in [0.717, 1.165) is 30.1 Å². The SMILES string of the molecule is Cc1cnc2ccc(N3CC[C@H](N4C(=O)c5ccccc5C4=O)C3)nn12. The van der Waals surface area contributed by atoms with Crippen LogP contribution in [-0.4, -0.2) is 50.4 Å². The number of aromatic nitrogens is 3. The summed E-state index contributed by atoms with van der Waals surface area (Å²) in [6.45, 7) is 3.31. The molecule has 4 heterocycles. The number of carbonyl (C=O) groups is 2. The van der Waals surface area contributed by atoms with Gasteiger partial charge in [0.05, 0.1) is 29.1 Å². The predicted molar refractivity (Wildman–Crippen MR) is 95.3 cm³/mol. The number of hydrogen-bond donors (Lipinski definition) is 0. The number of imide groups is 1. The zero-order valence-corrected chi connectivity index (χ0v) is 14.3. The van der Waals surface area contributed by atoms with Crippen molar-refractivity contribution in [3.05, 3.63) is 59.4 Å². The van der Waals surface area contributed by atoms with E-state index in [-0.39, 0.29) is 17.9 Å². The maximum Gasteiger partial charge on any atom is 0.261 e. The number of imidazole rings is 1. The molecule has 1 atom stereocenters. The van der Waals surface area contributed by atoms with E-state index in [4.69, 9.17) is 0 Å². The number of carbonyl (C=O) groups excluding carboxylic acids is 2. The number of aryl methyl sites for hydroxylation is 1. The van der Waals surface area contributed by atoms with Crippen molar-refractivity contribution in [2.45, 2.75) is 19.4 Å². The van der Waals surface area contributed by atoms with E-state index >= 15 is 0 Å². The molecule has 7 nitrogen and oxygen atoms in total. The average Bonchev–Trinajstić information content (AvgIpc) is 3.34. The van der Waals surface area contributed by atoms with Gasteiger partial charge in [0.25, 0.3) is 11.8 Å². The van der Waals surface area contributed by atoms with E-state index in [0.29, 0.717) is 17.7 Å². The largest absolute Gasteiger partial charge is 0.353 e. The van der Waals surface area contributed by atoms with Gasteiger partial charge in [-0.2, -0.15) is 0 Å². The molecule has 2 aliphatic heterocycles. The molecule has 2 amide bonds. The van der Waals surface area contributed by atoms with Crippen LogP contribution < -0.4 is 4.90 Å². The van der Waals surface area contributed by atoms with Gasteiger partial charge in [0, 0.05) is 13.1 Å². The van der Waals surface area contributed by atoms with Gasteiger partial charge in [-0.3, -0.25) is 14.5 Å². The molecule has 3 aromatic rings. The van der Waals surface area contributed by atoms with Crippen LogP contribution in [0.25, 0.3) is 5.65 Å². The number of rotatable bonds is 2. The molecule has 0 unspecified atom stereocenters. The highest BCUT2D eigenvalue weighted by Crippen LogP contribution is 2.29. The fraction of sp³-hybridized carbons (Fsp3) is 0.263. The van der Waals surface area contributed by atoms with Gasteiger partial charge in [0.15, 0.2) is 5.65 Å². The van der Waals surface area contributed by atoms with Crippen molar-refractivity contribution in [2.24, 2.45) is 0 Å². The Hall–Kier alpha value is -3.22. The average molecular weight is 347 g/mol. The zero-order valence-electron chi connectivity index (χ0n) is 14.3. The first kappa shape index (κ1) is 15.1. The maximum absolute atomic E-state index is 12.7. The van der Waals surface area contributed by atoms with Crippen molar-refractivity contribution in [3.63, 3.8) is 0 Å². The molecule has 0 spiro atoms. The van der Waals surface area contributed by atoms with Crippen molar-refractivity contribution in [3.8, 4) is 0 Å². The van der Waals surface area contributed by atoms with Gasteiger partial charge >= 0.3 is 0 Å².